The molecule has 0 spiro atoms. The summed E-state index contributed by atoms with van der Waals surface area (Å²) < 4.78 is 1.64. The van der Waals surface area contributed by atoms with Gasteiger partial charge in [-0.3, -0.25) is 14.9 Å². The number of hydrogen-bond donors (Lipinski definition) is 1. The lowest BCUT2D eigenvalue weighted by Crippen LogP contribution is -2.38. The van der Waals surface area contributed by atoms with Crippen molar-refractivity contribution in [2.45, 2.75) is 12.8 Å². The number of hydrogen-bond acceptors (Lipinski definition) is 7. The maximum Gasteiger partial charge on any atom is 0.292 e. The quantitative estimate of drug-likeness (QED) is 0.522. The summed E-state index contributed by atoms with van der Waals surface area (Å²) in [5.41, 5.74) is 0.121. The van der Waals surface area contributed by atoms with Crippen LogP contribution in [0.2, 0.25) is 0 Å². The van der Waals surface area contributed by atoms with Crippen molar-refractivity contribution in [1.29, 1.82) is 0 Å². The topological polar surface area (TPSA) is 119 Å². The third-order valence-corrected chi connectivity index (χ3v) is 4.92. The van der Waals surface area contributed by atoms with Crippen molar-refractivity contribution in [3.05, 3.63) is 65.0 Å². The molecular formula is C19H19N7O3. The van der Waals surface area contributed by atoms with E-state index in [1.807, 2.05) is 18.2 Å². The number of benzene rings is 1. The molecule has 0 aliphatic carbocycles. The minimum Gasteiger partial charge on any atom is -0.355 e. The Morgan fingerprint density at radius 1 is 1.07 bits per heavy atom. The molecular weight excluding hydrogens is 374 g/mol. The van der Waals surface area contributed by atoms with Gasteiger partial charge < -0.3 is 10.2 Å². The van der Waals surface area contributed by atoms with E-state index in [-0.39, 0.29) is 23.2 Å². The van der Waals surface area contributed by atoms with Crippen LogP contribution in [0.5, 0.6) is 0 Å². The molecule has 0 unspecified atom stereocenters. The number of nitro groups is 1. The molecule has 3 heterocycles. The van der Waals surface area contributed by atoms with Gasteiger partial charge in [0.05, 0.1) is 4.92 Å². The normalized spacial score (nSPS) is 14.6. The molecule has 1 N–H and O–H groups in total. The van der Waals surface area contributed by atoms with Gasteiger partial charge in [0.1, 0.15) is 5.69 Å². The summed E-state index contributed by atoms with van der Waals surface area (Å²) >= 11 is 0. The van der Waals surface area contributed by atoms with Gasteiger partial charge in [-0.25, -0.2) is 4.68 Å². The second-order valence-electron chi connectivity index (χ2n) is 6.73. The molecule has 3 aromatic rings. The first-order chi connectivity index (χ1) is 14.1. The summed E-state index contributed by atoms with van der Waals surface area (Å²) in [5, 5.41) is 26.4. The minimum atomic E-state index is -0.496. The van der Waals surface area contributed by atoms with Gasteiger partial charge in [-0.15, -0.1) is 10.2 Å². The number of nitro benzene ring substituents is 1. The molecule has 4 rings (SSSR count). The number of nitrogens with one attached hydrogen (secondary N) is 1. The molecule has 1 aliphatic heterocycles. The van der Waals surface area contributed by atoms with E-state index >= 15 is 0 Å². The highest BCUT2D eigenvalue weighted by atomic mass is 16.6. The molecule has 1 aliphatic rings. The maximum absolute atomic E-state index is 12.6. The van der Waals surface area contributed by atoms with E-state index in [0.717, 1.165) is 5.82 Å². The summed E-state index contributed by atoms with van der Waals surface area (Å²) in [6, 6.07) is 11.7. The Labute approximate surface area is 166 Å². The minimum absolute atomic E-state index is 0.106. The average molecular weight is 393 g/mol. The van der Waals surface area contributed by atoms with Crippen LogP contribution in [0.25, 0.3) is 5.82 Å². The molecule has 29 heavy (non-hydrogen) atoms. The van der Waals surface area contributed by atoms with Gasteiger partial charge in [0.15, 0.2) is 11.6 Å². The summed E-state index contributed by atoms with van der Waals surface area (Å²) in [7, 11) is 0. The molecule has 1 amide bonds. The first kappa shape index (κ1) is 18.5. The zero-order valence-corrected chi connectivity index (χ0v) is 15.5. The Bertz CT molecular complexity index is 997. The van der Waals surface area contributed by atoms with Crippen LogP contribution in [-0.4, -0.2) is 43.9 Å². The molecule has 1 aromatic carbocycles. The van der Waals surface area contributed by atoms with E-state index in [0.29, 0.717) is 31.7 Å². The van der Waals surface area contributed by atoms with Crippen molar-refractivity contribution in [2.24, 2.45) is 5.92 Å². The number of carbonyl (C=O) groups excluding carboxylic acids is 1. The summed E-state index contributed by atoms with van der Waals surface area (Å²) in [6.45, 7) is 1.32. The summed E-state index contributed by atoms with van der Waals surface area (Å²) in [6.07, 6.45) is 4.74. The van der Waals surface area contributed by atoms with Crippen molar-refractivity contribution in [1.82, 2.24) is 20.0 Å². The Balaban J connectivity index is 1.36. The smallest absolute Gasteiger partial charge is 0.292 e. The number of aromatic nitrogens is 4. The fourth-order valence-corrected chi connectivity index (χ4v) is 3.36. The van der Waals surface area contributed by atoms with E-state index in [1.54, 1.807) is 35.3 Å². The zero-order valence-electron chi connectivity index (χ0n) is 15.5. The first-order valence-corrected chi connectivity index (χ1v) is 9.25. The van der Waals surface area contributed by atoms with Crippen LogP contribution in [0, 0.1) is 16.0 Å². The number of nitrogens with zero attached hydrogens (tertiary/aromatic N) is 6. The first-order valence-electron chi connectivity index (χ1n) is 9.25. The monoisotopic (exact) mass is 393 g/mol. The van der Waals surface area contributed by atoms with E-state index in [2.05, 4.69) is 25.5 Å². The molecule has 2 aromatic heterocycles. The highest BCUT2D eigenvalue weighted by molar-refractivity contribution is 5.94. The van der Waals surface area contributed by atoms with Crippen molar-refractivity contribution in [2.75, 3.05) is 23.3 Å². The zero-order chi connectivity index (χ0) is 20.2. The van der Waals surface area contributed by atoms with Crippen LogP contribution >= 0.6 is 0 Å². The van der Waals surface area contributed by atoms with Gasteiger partial charge in [0, 0.05) is 37.5 Å². The lowest BCUT2D eigenvalue weighted by molar-refractivity contribution is -0.383. The SMILES string of the molecule is O=C(Nc1ccccc1[N+](=O)[O-])C1CCN(c2ccc(-n3cccn3)nn2)CC1. The third kappa shape index (κ3) is 4.05. The van der Waals surface area contributed by atoms with Gasteiger partial charge in [-0.1, -0.05) is 12.1 Å². The molecule has 10 nitrogen and oxygen atoms in total. The maximum atomic E-state index is 12.6. The molecule has 148 valence electrons. The van der Waals surface area contributed by atoms with Crippen molar-refractivity contribution >= 4 is 23.1 Å². The van der Waals surface area contributed by atoms with Crippen LogP contribution in [0.15, 0.2) is 54.9 Å². The fourth-order valence-electron chi connectivity index (χ4n) is 3.36. The van der Waals surface area contributed by atoms with Crippen LogP contribution in [0.3, 0.4) is 0 Å². The Kier molecular flexibility index (Phi) is 5.14. The highest BCUT2D eigenvalue weighted by Gasteiger charge is 2.27. The van der Waals surface area contributed by atoms with Crippen molar-refractivity contribution in [3.8, 4) is 5.82 Å². The lowest BCUT2D eigenvalue weighted by atomic mass is 9.95. The molecule has 0 radical (unpaired) electrons. The number of para-hydroxylation sites is 2. The highest BCUT2D eigenvalue weighted by Crippen LogP contribution is 2.27. The number of anilines is 2. The lowest BCUT2D eigenvalue weighted by Gasteiger charge is -2.31. The molecule has 0 atom stereocenters. The predicted octanol–water partition coefficient (Wildman–Crippen LogP) is 2.43. The van der Waals surface area contributed by atoms with Crippen LogP contribution < -0.4 is 10.2 Å². The Hall–Kier alpha value is -3.82. The molecule has 1 fully saturated rings. The van der Waals surface area contributed by atoms with Crippen LogP contribution in [0.4, 0.5) is 17.2 Å². The number of amides is 1. The largest absolute Gasteiger partial charge is 0.355 e. The van der Waals surface area contributed by atoms with E-state index in [4.69, 9.17) is 0 Å². The number of piperidine rings is 1. The summed E-state index contributed by atoms with van der Waals surface area (Å²) in [4.78, 5) is 25.3. The van der Waals surface area contributed by atoms with Gasteiger partial charge >= 0.3 is 0 Å². The molecule has 0 saturated carbocycles. The fraction of sp³-hybridized carbons (Fsp3) is 0.263. The standard InChI is InChI=1S/C19H19N7O3/c27-19(21-15-4-1-2-5-16(15)26(28)29)14-8-12-24(13-9-14)17-6-7-18(23-22-17)25-11-3-10-20-25/h1-7,10-11,14H,8-9,12-13H2,(H,21,27). The molecule has 10 heteroatoms. The van der Waals surface area contributed by atoms with Crippen LogP contribution in [0.1, 0.15) is 12.8 Å². The molecule has 1 saturated heterocycles. The summed E-state index contributed by atoms with van der Waals surface area (Å²) in [5.74, 6) is 0.984. The molecule has 0 bridgehead atoms. The van der Waals surface area contributed by atoms with E-state index < -0.39 is 4.92 Å². The van der Waals surface area contributed by atoms with E-state index in [9.17, 15) is 14.9 Å². The van der Waals surface area contributed by atoms with Crippen molar-refractivity contribution in [3.63, 3.8) is 0 Å². The Morgan fingerprint density at radius 2 is 1.79 bits per heavy atom. The predicted molar refractivity (Wildman–Crippen MR) is 106 cm³/mol. The van der Waals surface area contributed by atoms with Crippen molar-refractivity contribution < 1.29 is 9.72 Å². The van der Waals surface area contributed by atoms with Gasteiger partial charge in [-0.05, 0) is 37.1 Å². The third-order valence-electron chi connectivity index (χ3n) is 4.92. The van der Waals surface area contributed by atoms with Crippen LogP contribution in [-0.2, 0) is 4.79 Å². The van der Waals surface area contributed by atoms with Gasteiger partial charge in [-0.2, -0.15) is 5.10 Å². The second kappa shape index (κ2) is 8.05. The second-order valence-corrected chi connectivity index (χ2v) is 6.73. The van der Waals surface area contributed by atoms with E-state index in [1.165, 1.54) is 6.07 Å². The number of carbonyl (C=O) groups is 1. The average Bonchev–Trinajstić information content (AvgIpc) is 3.29. The Morgan fingerprint density at radius 3 is 2.45 bits per heavy atom. The number of rotatable bonds is 5. The van der Waals surface area contributed by atoms with Gasteiger partial charge in [0.25, 0.3) is 5.69 Å². The van der Waals surface area contributed by atoms with Gasteiger partial charge in [0.2, 0.25) is 5.91 Å².